The van der Waals surface area contributed by atoms with Crippen molar-refractivity contribution in [1.29, 1.82) is 0 Å². The van der Waals surface area contributed by atoms with Gasteiger partial charge in [-0.25, -0.2) is 5.43 Å². The van der Waals surface area contributed by atoms with Crippen LogP contribution in [0.4, 0.5) is 13.2 Å². The second kappa shape index (κ2) is 6.80. The van der Waals surface area contributed by atoms with E-state index in [9.17, 15) is 18.0 Å². The summed E-state index contributed by atoms with van der Waals surface area (Å²) in [6, 6.07) is 14.1. The summed E-state index contributed by atoms with van der Waals surface area (Å²) in [5.41, 5.74) is 3.03. The highest BCUT2D eigenvalue weighted by Gasteiger charge is 2.29. The Morgan fingerprint density at radius 2 is 1.80 bits per heavy atom. The van der Waals surface area contributed by atoms with E-state index in [1.807, 2.05) is 36.5 Å². The highest BCUT2D eigenvalue weighted by molar-refractivity contribution is 5.84. The Labute approximate surface area is 141 Å². The van der Waals surface area contributed by atoms with Crippen LogP contribution in [-0.2, 0) is 17.5 Å². The highest BCUT2D eigenvalue weighted by Crippen LogP contribution is 2.28. The number of hydrogen-bond donors (Lipinski definition) is 1. The lowest BCUT2D eigenvalue weighted by Crippen LogP contribution is -2.22. The zero-order valence-electron chi connectivity index (χ0n) is 13.0. The normalized spacial score (nSPS) is 12.0. The SMILES string of the molecule is O=C(Cn1ccc2ccccc21)N/N=C/c1ccc(C(F)(F)F)cc1. The lowest BCUT2D eigenvalue weighted by molar-refractivity contribution is -0.137. The van der Waals surface area contributed by atoms with Gasteiger partial charge < -0.3 is 4.57 Å². The lowest BCUT2D eigenvalue weighted by atomic mass is 10.1. The molecule has 2 aromatic carbocycles. The smallest absolute Gasteiger partial charge is 0.338 e. The first-order valence-corrected chi connectivity index (χ1v) is 7.46. The van der Waals surface area contributed by atoms with Crippen LogP contribution in [0.3, 0.4) is 0 Å². The van der Waals surface area contributed by atoms with Gasteiger partial charge in [-0.15, -0.1) is 0 Å². The number of alkyl halides is 3. The Balaban J connectivity index is 1.59. The summed E-state index contributed by atoms with van der Waals surface area (Å²) in [5, 5.41) is 4.81. The molecule has 0 aliphatic carbocycles. The van der Waals surface area contributed by atoms with Gasteiger partial charge in [-0.3, -0.25) is 4.79 Å². The number of hydrogen-bond acceptors (Lipinski definition) is 2. The van der Waals surface area contributed by atoms with Crippen molar-refractivity contribution in [1.82, 2.24) is 9.99 Å². The lowest BCUT2D eigenvalue weighted by Gasteiger charge is -2.06. The predicted molar refractivity (Wildman–Crippen MR) is 89.1 cm³/mol. The van der Waals surface area contributed by atoms with Gasteiger partial charge in [-0.1, -0.05) is 30.3 Å². The topological polar surface area (TPSA) is 46.4 Å². The molecule has 0 spiro atoms. The molecule has 1 N–H and O–H groups in total. The number of rotatable bonds is 4. The van der Waals surface area contributed by atoms with Crippen LogP contribution < -0.4 is 5.43 Å². The maximum absolute atomic E-state index is 12.5. The molecule has 0 radical (unpaired) electrons. The summed E-state index contributed by atoms with van der Waals surface area (Å²) in [5.74, 6) is -0.329. The van der Waals surface area contributed by atoms with Crippen LogP contribution >= 0.6 is 0 Å². The number of hydrazone groups is 1. The molecule has 0 aliphatic heterocycles. The van der Waals surface area contributed by atoms with Crippen LogP contribution in [0.1, 0.15) is 11.1 Å². The number of amides is 1. The fourth-order valence-corrected chi connectivity index (χ4v) is 2.41. The van der Waals surface area contributed by atoms with E-state index in [0.717, 1.165) is 23.0 Å². The Kier molecular flexibility index (Phi) is 4.56. The van der Waals surface area contributed by atoms with Crippen LogP contribution in [-0.4, -0.2) is 16.7 Å². The minimum absolute atomic E-state index is 0.0951. The van der Waals surface area contributed by atoms with Crippen LogP contribution in [0.2, 0.25) is 0 Å². The molecule has 0 atom stereocenters. The predicted octanol–water partition coefficient (Wildman–Crippen LogP) is 3.81. The van der Waals surface area contributed by atoms with Crippen molar-refractivity contribution in [3.63, 3.8) is 0 Å². The molecule has 128 valence electrons. The summed E-state index contributed by atoms with van der Waals surface area (Å²) < 4.78 is 39.2. The van der Waals surface area contributed by atoms with E-state index in [4.69, 9.17) is 0 Å². The largest absolute Gasteiger partial charge is 0.416 e. The molecule has 1 amide bonds. The molecule has 0 bridgehead atoms. The number of benzene rings is 2. The van der Waals surface area contributed by atoms with E-state index < -0.39 is 11.7 Å². The highest BCUT2D eigenvalue weighted by atomic mass is 19.4. The average molecular weight is 345 g/mol. The first-order chi connectivity index (χ1) is 11.9. The van der Waals surface area contributed by atoms with Crippen molar-refractivity contribution in [3.8, 4) is 0 Å². The van der Waals surface area contributed by atoms with Crippen molar-refractivity contribution >= 4 is 23.0 Å². The van der Waals surface area contributed by atoms with Gasteiger partial charge in [0, 0.05) is 11.7 Å². The van der Waals surface area contributed by atoms with E-state index in [1.165, 1.54) is 18.3 Å². The maximum atomic E-state index is 12.5. The molecular formula is C18H14F3N3O. The molecule has 0 saturated heterocycles. The second-order valence-corrected chi connectivity index (χ2v) is 5.42. The molecule has 25 heavy (non-hydrogen) atoms. The molecule has 0 fully saturated rings. The number of aromatic nitrogens is 1. The van der Waals surface area contributed by atoms with Crippen LogP contribution in [0, 0.1) is 0 Å². The van der Waals surface area contributed by atoms with Crippen LogP contribution in [0.15, 0.2) is 65.9 Å². The Morgan fingerprint density at radius 1 is 1.08 bits per heavy atom. The van der Waals surface area contributed by atoms with Crippen molar-refractivity contribution < 1.29 is 18.0 Å². The minimum Gasteiger partial charge on any atom is -0.338 e. The zero-order chi connectivity index (χ0) is 17.9. The van der Waals surface area contributed by atoms with Gasteiger partial charge in [0.2, 0.25) is 0 Å². The molecule has 1 aromatic heterocycles. The molecule has 0 unspecified atom stereocenters. The van der Waals surface area contributed by atoms with Gasteiger partial charge in [-0.2, -0.15) is 18.3 Å². The molecular weight excluding hydrogens is 331 g/mol. The van der Waals surface area contributed by atoms with Gasteiger partial charge in [0.1, 0.15) is 6.54 Å². The minimum atomic E-state index is -4.37. The van der Waals surface area contributed by atoms with Gasteiger partial charge in [0.05, 0.1) is 11.8 Å². The van der Waals surface area contributed by atoms with E-state index >= 15 is 0 Å². The second-order valence-electron chi connectivity index (χ2n) is 5.42. The van der Waals surface area contributed by atoms with Gasteiger partial charge in [-0.05, 0) is 35.2 Å². The van der Waals surface area contributed by atoms with Crippen molar-refractivity contribution in [2.75, 3.05) is 0 Å². The summed E-state index contributed by atoms with van der Waals surface area (Å²) in [6.07, 6.45) is -1.26. The summed E-state index contributed by atoms with van der Waals surface area (Å²) in [6.45, 7) is 0.0951. The van der Waals surface area contributed by atoms with E-state index in [-0.39, 0.29) is 12.5 Å². The molecule has 3 rings (SSSR count). The summed E-state index contributed by atoms with van der Waals surface area (Å²) in [7, 11) is 0. The van der Waals surface area contributed by atoms with Crippen molar-refractivity contribution in [3.05, 3.63) is 71.9 Å². The molecule has 0 aliphatic rings. The van der Waals surface area contributed by atoms with E-state index in [2.05, 4.69) is 10.5 Å². The summed E-state index contributed by atoms with van der Waals surface area (Å²) in [4.78, 5) is 11.9. The molecule has 0 saturated carbocycles. The fourth-order valence-electron chi connectivity index (χ4n) is 2.41. The quantitative estimate of drug-likeness (QED) is 0.567. The number of nitrogens with one attached hydrogen (secondary N) is 1. The fraction of sp³-hybridized carbons (Fsp3) is 0.111. The molecule has 1 heterocycles. The third-order valence-corrected chi connectivity index (χ3v) is 3.64. The monoisotopic (exact) mass is 345 g/mol. The van der Waals surface area contributed by atoms with E-state index in [0.29, 0.717) is 5.56 Å². The molecule has 7 heteroatoms. The Bertz CT molecular complexity index is 911. The molecule has 3 aromatic rings. The van der Waals surface area contributed by atoms with Crippen LogP contribution in [0.5, 0.6) is 0 Å². The number of carbonyl (C=O) groups excluding carboxylic acids is 1. The number of fused-ring (bicyclic) bond motifs is 1. The average Bonchev–Trinajstić information content (AvgIpc) is 2.98. The number of nitrogens with zero attached hydrogens (tertiary/aromatic N) is 2. The Hall–Kier alpha value is -3.09. The third kappa shape index (κ3) is 4.06. The van der Waals surface area contributed by atoms with E-state index in [1.54, 1.807) is 4.57 Å². The summed E-state index contributed by atoms with van der Waals surface area (Å²) >= 11 is 0. The van der Waals surface area contributed by atoms with Gasteiger partial charge >= 0.3 is 6.18 Å². The number of halogens is 3. The molecule has 4 nitrogen and oxygen atoms in total. The first kappa shape index (κ1) is 16.8. The van der Waals surface area contributed by atoms with Gasteiger partial charge in [0.15, 0.2) is 0 Å². The first-order valence-electron chi connectivity index (χ1n) is 7.46. The zero-order valence-corrected chi connectivity index (χ0v) is 13.0. The maximum Gasteiger partial charge on any atom is 0.416 e. The van der Waals surface area contributed by atoms with Crippen LogP contribution in [0.25, 0.3) is 10.9 Å². The number of para-hydroxylation sites is 1. The third-order valence-electron chi connectivity index (χ3n) is 3.64. The van der Waals surface area contributed by atoms with Crippen molar-refractivity contribution in [2.45, 2.75) is 12.7 Å². The van der Waals surface area contributed by atoms with Crippen molar-refractivity contribution in [2.24, 2.45) is 5.10 Å². The standard InChI is InChI=1S/C18H14F3N3O/c19-18(20,21)15-7-5-13(6-8-15)11-22-23-17(25)12-24-10-9-14-3-1-2-4-16(14)24/h1-11H,12H2,(H,23,25)/b22-11+. The Morgan fingerprint density at radius 3 is 2.52 bits per heavy atom. The van der Waals surface area contributed by atoms with Gasteiger partial charge in [0.25, 0.3) is 5.91 Å². The number of carbonyl (C=O) groups is 1.